The molecular formula is C10H11NO3S. The predicted molar refractivity (Wildman–Crippen MR) is 59.3 cm³/mol. The molecule has 1 aromatic rings. The highest BCUT2D eigenvalue weighted by Gasteiger charge is 2.16. The summed E-state index contributed by atoms with van der Waals surface area (Å²) in [7, 11) is 0. The number of carbonyl (C=O) groups is 1. The standard InChI is InChI=1S/C10H11NO3S/c1-3-8-4-5-9(15-8)6-10(7(2)12)11(13)14/h4-6H,3H2,1-2H3/b10-6-. The Morgan fingerprint density at radius 2 is 2.27 bits per heavy atom. The van der Waals surface area contributed by atoms with E-state index in [2.05, 4.69) is 0 Å². The molecule has 80 valence electrons. The largest absolute Gasteiger partial charge is 0.313 e. The fraction of sp³-hybridized carbons (Fsp3) is 0.300. The molecule has 15 heavy (non-hydrogen) atoms. The molecule has 4 nitrogen and oxygen atoms in total. The first-order chi connectivity index (χ1) is 7.04. The van der Waals surface area contributed by atoms with E-state index in [1.54, 1.807) is 6.07 Å². The minimum atomic E-state index is -0.645. The van der Waals surface area contributed by atoms with Crippen molar-refractivity contribution in [1.82, 2.24) is 0 Å². The number of allylic oxidation sites excluding steroid dienone is 1. The van der Waals surface area contributed by atoms with Crippen molar-refractivity contribution in [2.75, 3.05) is 0 Å². The number of aryl methyl sites for hydroxylation is 1. The van der Waals surface area contributed by atoms with Gasteiger partial charge in [-0.15, -0.1) is 11.3 Å². The average molecular weight is 225 g/mol. The lowest BCUT2D eigenvalue weighted by molar-refractivity contribution is -0.417. The summed E-state index contributed by atoms with van der Waals surface area (Å²) in [6.07, 6.45) is 2.22. The van der Waals surface area contributed by atoms with Crippen LogP contribution in [0.15, 0.2) is 17.8 Å². The van der Waals surface area contributed by atoms with Crippen molar-refractivity contribution >= 4 is 23.2 Å². The number of thiophene rings is 1. The molecule has 0 amide bonds. The van der Waals surface area contributed by atoms with Crippen molar-refractivity contribution in [3.63, 3.8) is 0 Å². The summed E-state index contributed by atoms with van der Waals surface area (Å²) in [5.74, 6) is -0.522. The van der Waals surface area contributed by atoms with E-state index < -0.39 is 10.7 Å². The van der Waals surface area contributed by atoms with Crippen LogP contribution < -0.4 is 0 Å². The summed E-state index contributed by atoms with van der Waals surface area (Å²) >= 11 is 1.46. The lowest BCUT2D eigenvalue weighted by atomic mass is 10.3. The second kappa shape index (κ2) is 4.84. The van der Waals surface area contributed by atoms with Gasteiger partial charge in [-0.05, 0) is 18.6 Å². The molecule has 0 aliphatic rings. The van der Waals surface area contributed by atoms with Crippen LogP contribution in [-0.4, -0.2) is 10.7 Å². The second-order valence-corrected chi connectivity index (χ2v) is 4.20. The Hall–Kier alpha value is -1.49. The fourth-order valence-corrected chi connectivity index (χ4v) is 1.97. The number of carbonyl (C=O) groups excluding carboxylic acids is 1. The number of hydrogen-bond donors (Lipinski definition) is 0. The van der Waals surface area contributed by atoms with Gasteiger partial charge in [-0.2, -0.15) is 0 Å². The van der Waals surface area contributed by atoms with Crippen molar-refractivity contribution in [2.24, 2.45) is 0 Å². The van der Waals surface area contributed by atoms with Gasteiger partial charge < -0.3 is 0 Å². The first-order valence-electron chi connectivity index (χ1n) is 4.50. The molecule has 0 atom stereocenters. The van der Waals surface area contributed by atoms with Crippen molar-refractivity contribution in [3.8, 4) is 0 Å². The SMILES string of the molecule is CCc1ccc(/C=C(/C(C)=O)[N+](=O)[O-])s1. The lowest BCUT2D eigenvalue weighted by Crippen LogP contribution is -2.06. The minimum absolute atomic E-state index is 0.362. The third-order valence-electron chi connectivity index (χ3n) is 1.87. The fourth-order valence-electron chi connectivity index (χ4n) is 1.08. The van der Waals surface area contributed by atoms with E-state index in [0.717, 1.165) is 16.2 Å². The van der Waals surface area contributed by atoms with Crippen LogP contribution in [0.4, 0.5) is 0 Å². The molecule has 0 N–H and O–H groups in total. The van der Waals surface area contributed by atoms with Crippen molar-refractivity contribution < 1.29 is 9.72 Å². The zero-order chi connectivity index (χ0) is 11.4. The summed E-state index contributed by atoms with van der Waals surface area (Å²) in [6, 6.07) is 3.70. The molecule has 0 bridgehead atoms. The highest BCUT2D eigenvalue weighted by Crippen LogP contribution is 2.20. The Balaban J connectivity index is 3.02. The molecule has 0 spiro atoms. The monoisotopic (exact) mass is 225 g/mol. The molecule has 0 unspecified atom stereocenters. The molecule has 1 rings (SSSR count). The summed E-state index contributed by atoms with van der Waals surface area (Å²) in [5.41, 5.74) is -0.362. The van der Waals surface area contributed by atoms with Crippen LogP contribution in [0.25, 0.3) is 6.08 Å². The molecule has 1 aromatic heterocycles. The van der Waals surface area contributed by atoms with E-state index in [0.29, 0.717) is 0 Å². The number of ketones is 1. The molecular weight excluding hydrogens is 214 g/mol. The highest BCUT2D eigenvalue weighted by atomic mass is 32.1. The van der Waals surface area contributed by atoms with Gasteiger partial charge in [0, 0.05) is 22.8 Å². The topological polar surface area (TPSA) is 60.2 Å². The minimum Gasteiger partial charge on any atom is -0.288 e. The summed E-state index contributed by atoms with van der Waals surface area (Å²) in [6.45, 7) is 3.21. The Morgan fingerprint density at radius 3 is 2.67 bits per heavy atom. The third kappa shape index (κ3) is 2.99. The molecule has 0 aliphatic heterocycles. The molecule has 1 heterocycles. The number of nitro groups is 1. The Labute approximate surface area is 91.4 Å². The zero-order valence-corrected chi connectivity index (χ0v) is 9.34. The molecule has 0 radical (unpaired) electrons. The Kier molecular flexibility index (Phi) is 3.74. The van der Waals surface area contributed by atoms with E-state index in [-0.39, 0.29) is 5.70 Å². The van der Waals surface area contributed by atoms with Gasteiger partial charge in [-0.3, -0.25) is 14.9 Å². The van der Waals surface area contributed by atoms with Gasteiger partial charge in [0.25, 0.3) is 0 Å². The molecule has 0 aliphatic carbocycles. The van der Waals surface area contributed by atoms with Crippen molar-refractivity contribution in [3.05, 3.63) is 37.7 Å². The van der Waals surface area contributed by atoms with E-state index in [1.165, 1.54) is 24.3 Å². The summed E-state index contributed by atoms with van der Waals surface area (Å²) in [4.78, 5) is 22.7. The molecule has 0 saturated heterocycles. The number of nitrogens with zero attached hydrogens (tertiary/aromatic N) is 1. The maximum absolute atomic E-state index is 11.0. The van der Waals surface area contributed by atoms with Gasteiger partial charge in [-0.1, -0.05) is 6.92 Å². The van der Waals surface area contributed by atoms with Crippen LogP contribution in [0.2, 0.25) is 0 Å². The maximum atomic E-state index is 11.0. The van der Waals surface area contributed by atoms with Gasteiger partial charge in [0.05, 0.1) is 4.92 Å². The third-order valence-corrected chi connectivity index (χ3v) is 3.04. The molecule has 5 heteroatoms. The van der Waals surface area contributed by atoms with Crippen LogP contribution in [0.5, 0.6) is 0 Å². The van der Waals surface area contributed by atoms with Gasteiger partial charge in [0.2, 0.25) is 5.78 Å². The van der Waals surface area contributed by atoms with Gasteiger partial charge >= 0.3 is 5.70 Å². The van der Waals surface area contributed by atoms with E-state index in [4.69, 9.17) is 0 Å². The average Bonchev–Trinajstić information content (AvgIpc) is 2.60. The van der Waals surface area contributed by atoms with Crippen LogP contribution in [0, 0.1) is 10.1 Å². The summed E-state index contributed by atoms with van der Waals surface area (Å²) < 4.78 is 0. The number of hydrogen-bond acceptors (Lipinski definition) is 4. The van der Waals surface area contributed by atoms with Gasteiger partial charge in [0.1, 0.15) is 0 Å². The molecule has 0 saturated carbocycles. The molecule has 0 aromatic carbocycles. The second-order valence-electron chi connectivity index (χ2n) is 3.00. The van der Waals surface area contributed by atoms with E-state index in [9.17, 15) is 14.9 Å². The van der Waals surface area contributed by atoms with Crippen LogP contribution in [0.1, 0.15) is 23.6 Å². The van der Waals surface area contributed by atoms with Gasteiger partial charge in [-0.25, -0.2) is 0 Å². The van der Waals surface area contributed by atoms with Crippen molar-refractivity contribution in [2.45, 2.75) is 20.3 Å². The first kappa shape index (κ1) is 11.6. The Bertz CT molecular complexity index is 404. The van der Waals surface area contributed by atoms with Crippen LogP contribution in [0.3, 0.4) is 0 Å². The Morgan fingerprint density at radius 1 is 1.60 bits per heavy atom. The zero-order valence-electron chi connectivity index (χ0n) is 8.52. The highest BCUT2D eigenvalue weighted by molar-refractivity contribution is 7.12. The quantitative estimate of drug-likeness (QED) is 0.449. The normalized spacial score (nSPS) is 11.5. The van der Waals surface area contributed by atoms with Crippen LogP contribution >= 0.6 is 11.3 Å². The lowest BCUT2D eigenvalue weighted by Gasteiger charge is -1.91. The molecule has 0 fully saturated rings. The number of Topliss-reactive ketones (excluding diaryl/α,β-unsaturated/α-hetero) is 1. The smallest absolute Gasteiger partial charge is 0.288 e. The van der Waals surface area contributed by atoms with Crippen molar-refractivity contribution in [1.29, 1.82) is 0 Å². The summed E-state index contributed by atoms with van der Waals surface area (Å²) in [5, 5.41) is 10.5. The predicted octanol–water partition coefficient (Wildman–Crippen LogP) is 2.52. The number of rotatable bonds is 4. The maximum Gasteiger partial charge on any atom is 0.313 e. The van der Waals surface area contributed by atoms with Gasteiger partial charge in [0.15, 0.2) is 0 Å². The van der Waals surface area contributed by atoms with E-state index in [1.807, 2.05) is 13.0 Å². The first-order valence-corrected chi connectivity index (χ1v) is 5.32. The van der Waals surface area contributed by atoms with E-state index >= 15 is 0 Å². The van der Waals surface area contributed by atoms with Crippen LogP contribution in [-0.2, 0) is 11.2 Å².